The van der Waals surface area contributed by atoms with Gasteiger partial charge in [-0.1, -0.05) is 15.9 Å². The number of ether oxygens (including phenoxy) is 1. The minimum Gasteiger partial charge on any atom is -0.454 e. The van der Waals surface area contributed by atoms with E-state index in [1.807, 2.05) is 13.8 Å². The molecule has 6 nitrogen and oxygen atoms in total. The minimum atomic E-state index is -0.629. The van der Waals surface area contributed by atoms with E-state index in [0.717, 1.165) is 23.7 Å². The summed E-state index contributed by atoms with van der Waals surface area (Å²) in [5, 5.41) is 2.49. The van der Waals surface area contributed by atoms with Crippen molar-refractivity contribution in [3.05, 3.63) is 34.3 Å². The van der Waals surface area contributed by atoms with Gasteiger partial charge in [0.15, 0.2) is 6.61 Å². The molecule has 1 aliphatic heterocycles. The molecule has 7 heteroatoms. The fourth-order valence-electron chi connectivity index (χ4n) is 3.04. The van der Waals surface area contributed by atoms with Crippen molar-refractivity contribution in [3.63, 3.8) is 0 Å². The Labute approximate surface area is 156 Å². The van der Waals surface area contributed by atoms with Gasteiger partial charge in [0.1, 0.15) is 6.54 Å². The van der Waals surface area contributed by atoms with E-state index in [9.17, 15) is 14.4 Å². The molecule has 1 aromatic rings. The van der Waals surface area contributed by atoms with Crippen molar-refractivity contribution in [2.75, 3.05) is 13.2 Å². The molecule has 1 heterocycles. The van der Waals surface area contributed by atoms with Gasteiger partial charge in [-0.15, -0.1) is 0 Å². The minimum absolute atomic E-state index is 0.159. The second kappa shape index (κ2) is 8.99. The number of hydrogen-bond donors (Lipinski definition) is 1. The molecule has 0 saturated carbocycles. The van der Waals surface area contributed by atoms with Gasteiger partial charge in [-0.25, -0.2) is 0 Å². The third-order valence-corrected chi connectivity index (χ3v) is 4.87. The number of benzene rings is 1. The molecule has 0 unspecified atom stereocenters. The predicted octanol–water partition coefficient (Wildman–Crippen LogP) is 2.51. The molecule has 1 aliphatic rings. The van der Waals surface area contributed by atoms with Crippen molar-refractivity contribution in [1.82, 2.24) is 10.2 Å². The van der Waals surface area contributed by atoms with E-state index in [0.29, 0.717) is 5.56 Å². The molecule has 2 atom stereocenters. The van der Waals surface area contributed by atoms with E-state index < -0.39 is 5.97 Å². The largest absolute Gasteiger partial charge is 0.454 e. The first-order valence-corrected chi connectivity index (χ1v) is 9.18. The molecule has 2 rings (SSSR count). The van der Waals surface area contributed by atoms with Crippen molar-refractivity contribution in [2.24, 2.45) is 0 Å². The molecule has 136 valence electrons. The van der Waals surface area contributed by atoms with Crippen LogP contribution in [-0.2, 0) is 14.3 Å². The summed E-state index contributed by atoms with van der Waals surface area (Å²) < 4.78 is 5.87. The van der Waals surface area contributed by atoms with Crippen LogP contribution in [0.3, 0.4) is 0 Å². The smallest absolute Gasteiger partial charge is 0.325 e. The first-order valence-electron chi connectivity index (χ1n) is 8.39. The van der Waals surface area contributed by atoms with Crippen LogP contribution in [0, 0.1) is 0 Å². The highest BCUT2D eigenvalue weighted by atomic mass is 79.9. The van der Waals surface area contributed by atoms with Crippen LogP contribution < -0.4 is 5.32 Å². The predicted molar refractivity (Wildman–Crippen MR) is 97.1 cm³/mol. The average Bonchev–Trinajstić information content (AvgIpc) is 2.58. The number of nitrogens with one attached hydrogen (secondary N) is 1. The molecule has 0 aromatic heterocycles. The normalized spacial score (nSPS) is 20.0. The number of rotatable bonds is 5. The summed E-state index contributed by atoms with van der Waals surface area (Å²) >= 11 is 3.29. The Balaban J connectivity index is 1.75. The molecule has 1 saturated heterocycles. The van der Waals surface area contributed by atoms with Crippen LogP contribution in [0.4, 0.5) is 0 Å². The standard InChI is InChI=1S/C18H23BrN2O4/c1-12-4-3-5-13(2)21(12)16(22)11-25-17(23)10-20-18(24)14-6-8-15(19)9-7-14/h6-9,12-13H,3-5,10-11H2,1-2H3,(H,20,24)/t12-,13-/m0/s1. The monoisotopic (exact) mass is 410 g/mol. The third kappa shape index (κ3) is 5.56. The van der Waals surface area contributed by atoms with E-state index >= 15 is 0 Å². The highest BCUT2D eigenvalue weighted by Crippen LogP contribution is 2.22. The van der Waals surface area contributed by atoms with E-state index in [2.05, 4.69) is 21.2 Å². The number of carbonyl (C=O) groups is 3. The van der Waals surface area contributed by atoms with Crippen LogP contribution in [0.15, 0.2) is 28.7 Å². The number of amides is 2. The molecule has 1 N–H and O–H groups in total. The van der Waals surface area contributed by atoms with Crippen LogP contribution >= 0.6 is 15.9 Å². The molecule has 1 fully saturated rings. The summed E-state index contributed by atoms with van der Waals surface area (Å²) in [6, 6.07) is 7.10. The third-order valence-electron chi connectivity index (χ3n) is 4.34. The maximum absolute atomic E-state index is 12.3. The number of carbonyl (C=O) groups excluding carboxylic acids is 3. The first kappa shape index (κ1) is 19.4. The molecule has 2 amide bonds. The van der Waals surface area contributed by atoms with Gasteiger partial charge in [0.25, 0.3) is 11.8 Å². The lowest BCUT2D eigenvalue weighted by atomic mass is 9.97. The Morgan fingerprint density at radius 1 is 1.16 bits per heavy atom. The van der Waals surface area contributed by atoms with Crippen molar-refractivity contribution >= 4 is 33.7 Å². The molecular weight excluding hydrogens is 388 g/mol. The second-order valence-electron chi connectivity index (χ2n) is 6.28. The van der Waals surface area contributed by atoms with Gasteiger partial charge in [-0.3, -0.25) is 14.4 Å². The van der Waals surface area contributed by atoms with E-state index in [4.69, 9.17) is 4.74 Å². The van der Waals surface area contributed by atoms with Gasteiger partial charge in [0, 0.05) is 22.1 Å². The van der Waals surface area contributed by atoms with Crippen LogP contribution in [-0.4, -0.2) is 47.9 Å². The second-order valence-corrected chi connectivity index (χ2v) is 7.20. The fourth-order valence-corrected chi connectivity index (χ4v) is 3.30. The van der Waals surface area contributed by atoms with Crippen molar-refractivity contribution < 1.29 is 19.1 Å². The quantitative estimate of drug-likeness (QED) is 0.756. The lowest BCUT2D eigenvalue weighted by Gasteiger charge is -2.38. The van der Waals surface area contributed by atoms with Gasteiger partial charge in [0.05, 0.1) is 0 Å². The van der Waals surface area contributed by atoms with Gasteiger partial charge in [-0.05, 0) is 57.4 Å². The lowest BCUT2D eigenvalue weighted by molar-refractivity contribution is -0.154. The van der Waals surface area contributed by atoms with Crippen molar-refractivity contribution in [3.8, 4) is 0 Å². The molecule has 25 heavy (non-hydrogen) atoms. The molecule has 1 aromatic carbocycles. The highest BCUT2D eigenvalue weighted by molar-refractivity contribution is 9.10. The van der Waals surface area contributed by atoms with Gasteiger partial charge in [-0.2, -0.15) is 0 Å². The van der Waals surface area contributed by atoms with E-state index in [-0.39, 0.29) is 37.0 Å². The Morgan fingerprint density at radius 2 is 1.76 bits per heavy atom. The van der Waals surface area contributed by atoms with Gasteiger partial charge in [0.2, 0.25) is 0 Å². The zero-order valence-electron chi connectivity index (χ0n) is 14.5. The van der Waals surface area contributed by atoms with Gasteiger partial charge < -0.3 is 15.0 Å². The Bertz CT molecular complexity index is 622. The number of likely N-dealkylation sites (tertiary alicyclic amines) is 1. The summed E-state index contributed by atoms with van der Waals surface area (Å²) in [5.41, 5.74) is 0.447. The molecule has 0 radical (unpaired) electrons. The number of nitrogens with zero attached hydrogens (tertiary/aromatic N) is 1. The summed E-state index contributed by atoms with van der Waals surface area (Å²) in [6.07, 6.45) is 3.04. The number of piperidine rings is 1. The summed E-state index contributed by atoms with van der Waals surface area (Å²) in [7, 11) is 0. The number of esters is 1. The zero-order chi connectivity index (χ0) is 18.4. The zero-order valence-corrected chi connectivity index (χ0v) is 16.0. The van der Waals surface area contributed by atoms with Crippen LogP contribution in [0.5, 0.6) is 0 Å². The average molecular weight is 411 g/mol. The Morgan fingerprint density at radius 3 is 2.36 bits per heavy atom. The lowest BCUT2D eigenvalue weighted by Crippen LogP contribution is -2.49. The maximum atomic E-state index is 12.3. The van der Waals surface area contributed by atoms with Crippen LogP contribution in [0.2, 0.25) is 0 Å². The maximum Gasteiger partial charge on any atom is 0.325 e. The van der Waals surface area contributed by atoms with Crippen LogP contribution in [0.1, 0.15) is 43.5 Å². The summed E-state index contributed by atoms with van der Waals surface area (Å²) in [4.78, 5) is 37.8. The summed E-state index contributed by atoms with van der Waals surface area (Å²) in [6.45, 7) is 3.45. The number of halogens is 1. The topological polar surface area (TPSA) is 75.7 Å². The SMILES string of the molecule is C[C@H]1CCC[C@H](C)N1C(=O)COC(=O)CNC(=O)c1ccc(Br)cc1. The van der Waals surface area contributed by atoms with Crippen molar-refractivity contribution in [1.29, 1.82) is 0 Å². The Kier molecular flexibility index (Phi) is 6.99. The van der Waals surface area contributed by atoms with Crippen LogP contribution in [0.25, 0.3) is 0 Å². The molecule has 0 aliphatic carbocycles. The fraction of sp³-hybridized carbons (Fsp3) is 0.500. The summed E-state index contributed by atoms with van der Waals surface area (Å²) in [5.74, 6) is -1.18. The Hall–Kier alpha value is -1.89. The van der Waals surface area contributed by atoms with E-state index in [1.54, 1.807) is 29.2 Å². The molecule has 0 spiro atoms. The number of hydrogen-bond acceptors (Lipinski definition) is 4. The molecular formula is C18H23BrN2O4. The van der Waals surface area contributed by atoms with Crippen molar-refractivity contribution in [2.45, 2.75) is 45.2 Å². The molecule has 0 bridgehead atoms. The van der Waals surface area contributed by atoms with Gasteiger partial charge >= 0.3 is 5.97 Å². The first-order chi connectivity index (χ1) is 11.9. The van der Waals surface area contributed by atoms with E-state index in [1.165, 1.54) is 0 Å². The highest BCUT2D eigenvalue weighted by Gasteiger charge is 2.29.